The summed E-state index contributed by atoms with van der Waals surface area (Å²) in [6, 6.07) is 6.59. The Bertz CT molecular complexity index is 779. The van der Waals surface area contributed by atoms with Crippen molar-refractivity contribution in [3.05, 3.63) is 69.2 Å². The molecular formula is C21H26N2S. The first-order valence-electron chi connectivity index (χ1n) is 8.27. The second-order valence-corrected chi connectivity index (χ2v) is 7.58. The largest absolute Gasteiger partial charge is 0.255 e. The lowest BCUT2D eigenvalue weighted by Crippen LogP contribution is -1.94. The highest BCUT2D eigenvalue weighted by Crippen LogP contribution is 2.24. The molecule has 0 radical (unpaired) electrons. The minimum absolute atomic E-state index is 0.423. The van der Waals surface area contributed by atoms with Crippen molar-refractivity contribution in [1.82, 2.24) is 4.98 Å². The second-order valence-electron chi connectivity index (χ2n) is 6.63. The molecule has 0 aliphatic rings. The van der Waals surface area contributed by atoms with Crippen LogP contribution in [0, 0.1) is 19.8 Å². The van der Waals surface area contributed by atoms with E-state index in [0.717, 1.165) is 28.4 Å². The van der Waals surface area contributed by atoms with Gasteiger partial charge in [0.15, 0.2) is 0 Å². The van der Waals surface area contributed by atoms with Crippen LogP contribution >= 0.6 is 11.3 Å². The summed E-state index contributed by atoms with van der Waals surface area (Å²) in [5, 5.41) is 3.23. The van der Waals surface area contributed by atoms with E-state index in [1.54, 1.807) is 17.6 Å². The van der Waals surface area contributed by atoms with E-state index < -0.39 is 0 Å². The van der Waals surface area contributed by atoms with Gasteiger partial charge in [0.2, 0.25) is 0 Å². The number of hydrogen-bond donors (Lipinski definition) is 0. The quantitative estimate of drug-likeness (QED) is 0.593. The average molecular weight is 339 g/mol. The first-order valence-corrected chi connectivity index (χ1v) is 9.15. The molecule has 0 unspecified atom stereocenters. The SMILES string of the molecule is C=C(C)C=N/C(=C\C(C)C)c1csc(Cc2cc(C)ccc2C)n1. The molecule has 0 fully saturated rings. The van der Waals surface area contributed by atoms with Gasteiger partial charge in [-0.2, -0.15) is 0 Å². The summed E-state index contributed by atoms with van der Waals surface area (Å²) in [7, 11) is 0. The van der Waals surface area contributed by atoms with Crippen LogP contribution in [-0.4, -0.2) is 11.2 Å². The molecular weight excluding hydrogens is 312 g/mol. The molecule has 2 aromatic rings. The lowest BCUT2D eigenvalue weighted by Gasteiger charge is -2.05. The highest BCUT2D eigenvalue weighted by Gasteiger charge is 2.09. The monoisotopic (exact) mass is 338 g/mol. The van der Waals surface area contributed by atoms with E-state index in [1.165, 1.54) is 16.7 Å². The lowest BCUT2D eigenvalue weighted by atomic mass is 10.0. The molecule has 0 spiro atoms. The first-order chi connectivity index (χ1) is 11.3. The van der Waals surface area contributed by atoms with E-state index in [2.05, 4.69) is 68.9 Å². The maximum atomic E-state index is 4.81. The predicted molar refractivity (Wildman–Crippen MR) is 107 cm³/mol. The Kier molecular flexibility index (Phi) is 6.27. The van der Waals surface area contributed by atoms with Crippen molar-refractivity contribution in [3.63, 3.8) is 0 Å². The molecule has 3 heteroatoms. The van der Waals surface area contributed by atoms with Gasteiger partial charge in [0.1, 0.15) is 0 Å². The zero-order chi connectivity index (χ0) is 17.7. The Labute approximate surface area is 149 Å². The number of rotatable bonds is 6. The fourth-order valence-corrected chi connectivity index (χ4v) is 3.16. The number of aryl methyl sites for hydroxylation is 2. The van der Waals surface area contributed by atoms with Gasteiger partial charge in [0.05, 0.1) is 16.4 Å². The number of hydrogen-bond acceptors (Lipinski definition) is 3. The molecule has 126 valence electrons. The van der Waals surface area contributed by atoms with Gasteiger partial charge in [0.25, 0.3) is 0 Å². The van der Waals surface area contributed by atoms with Crippen LogP contribution in [0.15, 0.2) is 46.8 Å². The number of aromatic nitrogens is 1. The second kappa shape index (κ2) is 8.20. The first kappa shape index (κ1) is 18.3. The molecule has 0 saturated heterocycles. The Morgan fingerprint density at radius 3 is 2.75 bits per heavy atom. The summed E-state index contributed by atoms with van der Waals surface area (Å²) in [4.78, 5) is 9.38. The molecule has 0 saturated carbocycles. The topological polar surface area (TPSA) is 25.2 Å². The maximum absolute atomic E-state index is 4.81. The number of allylic oxidation sites excluding steroid dienone is 2. The van der Waals surface area contributed by atoms with Crippen molar-refractivity contribution in [2.45, 2.75) is 41.0 Å². The molecule has 2 rings (SSSR count). The third-order valence-electron chi connectivity index (χ3n) is 3.58. The van der Waals surface area contributed by atoms with Crippen molar-refractivity contribution in [1.29, 1.82) is 0 Å². The van der Waals surface area contributed by atoms with Crippen molar-refractivity contribution in [2.75, 3.05) is 0 Å². The van der Waals surface area contributed by atoms with Crippen LogP contribution in [0.5, 0.6) is 0 Å². The Morgan fingerprint density at radius 1 is 1.33 bits per heavy atom. The van der Waals surface area contributed by atoms with Crippen molar-refractivity contribution >= 4 is 23.2 Å². The summed E-state index contributed by atoms with van der Waals surface area (Å²) in [5.41, 5.74) is 6.77. The molecule has 0 aliphatic heterocycles. The highest BCUT2D eigenvalue weighted by molar-refractivity contribution is 7.09. The van der Waals surface area contributed by atoms with Crippen LogP contribution in [0.3, 0.4) is 0 Å². The number of thiazole rings is 1. The fourth-order valence-electron chi connectivity index (χ4n) is 2.35. The standard InChI is InChI=1S/C21H26N2S/c1-14(2)9-19(22-12-15(3)4)20-13-24-21(23-20)11-18-10-16(5)7-8-17(18)6/h7-10,12-14H,3,11H2,1-2,4-6H3/b19-9-,22-12?. The van der Waals surface area contributed by atoms with Gasteiger partial charge in [-0.05, 0) is 43.4 Å². The number of aliphatic imine (C=N–C) groups is 1. The van der Waals surface area contributed by atoms with Crippen LogP contribution in [0.1, 0.15) is 48.2 Å². The molecule has 24 heavy (non-hydrogen) atoms. The normalized spacial score (nSPS) is 12.3. The molecule has 0 aliphatic carbocycles. The van der Waals surface area contributed by atoms with Gasteiger partial charge in [0, 0.05) is 18.0 Å². The summed E-state index contributed by atoms with van der Waals surface area (Å²) in [5.74, 6) is 0.423. The van der Waals surface area contributed by atoms with Crippen LogP contribution in [-0.2, 0) is 6.42 Å². The van der Waals surface area contributed by atoms with Gasteiger partial charge in [-0.3, -0.25) is 4.99 Å². The zero-order valence-corrected chi connectivity index (χ0v) is 16.1. The predicted octanol–water partition coefficient (Wildman–Crippen LogP) is 5.99. The van der Waals surface area contributed by atoms with Crippen LogP contribution in [0.2, 0.25) is 0 Å². The Hall–Kier alpha value is -2.00. The highest BCUT2D eigenvalue weighted by atomic mass is 32.1. The van der Waals surface area contributed by atoms with Gasteiger partial charge < -0.3 is 0 Å². The van der Waals surface area contributed by atoms with E-state index in [9.17, 15) is 0 Å². The minimum atomic E-state index is 0.423. The number of benzene rings is 1. The average Bonchev–Trinajstić information content (AvgIpc) is 2.95. The van der Waals surface area contributed by atoms with Crippen LogP contribution in [0.4, 0.5) is 0 Å². The number of nitrogens with zero attached hydrogens (tertiary/aromatic N) is 2. The Morgan fingerprint density at radius 2 is 2.08 bits per heavy atom. The molecule has 1 heterocycles. The summed E-state index contributed by atoms with van der Waals surface area (Å²) in [6.07, 6.45) is 4.82. The molecule has 0 atom stereocenters. The van der Waals surface area contributed by atoms with Crippen molar-refractivity contribution in [3.8, 4) is 0 Å². The third kappa shape index (κ3) is 5.27. The molecule has 0 N–H and O–H groups in total. The zero-order valence-electron chi connectivity index (χ0n) is 15.3. The van der Waals surface area contributed by atoms with E-state index in [4.69, 9.17) is 4.98 Å². The molecule has 1 aromatic carbocycles. The Balaban J connectivity index is 2.27. The van der Waals surface area contributed by atoms with E-state index in [-0.39, 0.29) is 0 Å². The van der Waals surface area contributed by atoms with E-state index in [0.29, 0.717) is 5.92 Å². The molecule has 0 bridgehead atoms. The van der Waals surface area contributed by atoms with Gasteiger partial charge in [-0.15, -0.1) is 11.3 Å². The molecule has 1 aromatic heterocycles. The smallest absolute Gasteiger partial charge is 0.0995 e. The third-order valence-corrected chi connectivity index (χ3v) is 4.42. The van der Waals surface area contributed by atoms with E-state index >= 15 is 0 Å². The van der Waals surface area contributed by atoms with Gasteiger partial charge >= 0.3 is 0 Å². The molecule has 0 amide bonds. The van der Waals surface area contributed by atoms with Crippen LogP contribution in [0.25, 0.3) is 5.70 Å². The van der Waals surface area contributed by atoms with Gasteiger partial charge in [-0.25, -0.2) is 4.98 Å². The molecule has 2 nitrogen and oxygen atoms in total. The van der Waals surface area contributed by atoms with E-state index in [1.807, 2.05) is 6.92 Å². The van der Waals surface area contributed by atoms with Gasteiger partial charge in [-0.1, -0.05) is 50.3 Å². The summed E-state index contributed by atoms with van der Waals surface area (Å²) < 4.78 is 0. The maximum Gasteiger partial charge on any atom is 0.0995 e. The lowest BCUT2D eigenvalue weighted by molar-refractivity contribution is 0.831. The summed E-state index contributed by atoms with van der Waals surface area (Å²) in [6.45, 7) is 14.4. The van der Waals surface area contributed by atoms with Crippen LogP contribution < -0.4 is 0 Å². The van der Waals surface area contributed by atoms with Crippen molar-refractivity contribution < 1.29 is 0 Å². The fraction of sp³-hybridized carbons (Fsp3) is 0.333. The van der Waals surface area contributed by atoms with Crippen molar-refractivity contribution in [2.24, 2.45) is 10.9 Å². The summed E-state index contributed by atoms with van der Waals surface area (Å²) >= 11 is 1.70. The minimum Gasteiger partial charge on any atom is -0.255 e.